The predicted octanol–water partition coefficient (Wildman–Crippen LogP) is -0.0179. The number of aliphatic hydroxyl groups excluding tert-OH is 1. The monoisotopic (exact) mass is 192 g/mol. The zero-order valence-corrected chi connectivity index (χ0v) is 7.88. The minimum atomic E-state index is -0.506. The van der Waals surface area contributed by atoms with Gasteiger partial charge in [-0.2, -0.15) is 5.10 Å². The highest BCUT2D eigenvalue weighted by Gasteiger charge is 2.07. The number of pyridine rings is 1. The lowest BCUT2D eigenvalue weighted by atomic mass is 10.1. The second kappa shape index (κ2) is 3.73. The number of fused-ring (bicyclic) bond motifs is 1. The first kappa shape index (κ1) is 9.11. The average molecular weight is 192 g/mol. The molecule has 0 aromatic carbocycles. The molecule has 0 saturated carbocycles. The van der Waals surface area contributed by atoms with Crippen LogP contribution in [0.2, 0.25) is 0 Å². The van der Waals surface area contributed by atoms with E-state index in [-0.39, 0.29) is 0 Å². The molecular weight excluding hydrogens is 180 g/mol. The standard InChI is InChI=1S/C9H12N4O/c1-10-4-8(14)7-2-3-9-11-6-12-13(9)5-7/h2-3,5-6,8,10,14H,4H2,1H3. The van der Waals surface area contributed by atoms with Crippen LogP contribution in [0.4, 0.5) is 0 Å². The van der Waals surface area contributed by atoms with Crippen molar-refractivity contribution in [2.24, 2.45) is 0 Å². The van der Waals surface area contributed by atoms with Gasteiger partial charge in [-0.3, -0.25) is 0 Å². The van der Waals surface area contributed by atoms with Crippen LogP contribution in [-0.4, -0.2) is 33.3 Å². The van der Waals surface area contributed by atoms with Gasteiger partial charge in [0.1, 0.15) is 6.33 Å². The Bertz CT molecular complexity index is 425. The molecule has 0 bridgehead atoms. The van der Waals surface area contributed by atoms with Crippen LogP contribution in [0, 0.1) is 0 Å². The molecule has 2 rings (SSSR count). The van der Waals surface area contributed by atoms with Crippen molar-refractivity contribution in [1.82, 2.24) is 19.9 Å². The van der Waals surface area contributed by atoms with E-state index in [1.807, 2.05) is 12.1 Å². The fourth-order valence-corrected chi connectivity index (χ4v) is 1.34. The van der Waals surface area contributed by atoms with Crippen molar-refractivity contribution in [1.29, 1.82) is 0 Å². The quantitative estimate of drug-likeness (QED) is 0.717. The molecule has 74 valence electrons. The van der Waals surface area contributed by atoms with Crippen LogP contribution in [0.5, 0.6) is 0 Å². The number of aliphatic hydroxyl groups is 1. The SMILES string of the molecule is CNCC(O)c1ccc2ncnn2c1. The Balaban J connectivity index is 2.33. The first-order valence-electron chi connectivity index (χ1n) is 4.43. The first-order valence-corrected chi connectivity index (χ1v) is 4.43. The van der Waals surface area contributed by atoms with Crippen molar-refractivity contribution in [3.05, 3.63) is 30.2 Å². The summed E-state index contributed by atoms with van der Waals surface area (Å²) in [5.74, 6) is 0. The van der Waals surface area contributed by atoms with Crippen molar-refractivity contribution in [3.63, 3.8) is 0 Å². The van der Waals surface area contributed by atoms with Gasteiger partial charge in [-0.05, 0) is 13.1 Å². The molecular formula is C9H12N4O. The molecule has 0 aliphatic rings. The summed E-state index contributed by atoms with van der Waals surface area (Å²) in [6, 6.07) is 3.69. The molecule has 0 aliphatic carbocycles. The lowest BCUT2D eigenvalue weighted by Crippen LogP contribution is -2.17. The molecule has 0 spiro atoms. The number of hydrogen-bond acceptors (Lipinski definition) is 4. The second-order valence-corrected chi connectivity index (χ2v) is 3.10. The van der Waals surface area contributed by atoms with E-state index in [2.05, 4.69) is 15.4 Å². The topological polar surface area (TPSA) is 62.5 Å². The van der Waals surface area contributed by atoms with Gasteiger partial charge in [-0.25, -0.2) is 9.50 Å². The molecule has 2 aromatic heterocycles. The molecule has 0 fully saturated rings. The number of aromatic nitrogens is 3. The maximum atomic E-state index is 9.69. The zero-order valence-electron chi connectivity index (χ0n) is 7.88. The van der Waals surface area contributed by atoms with Crippen molar-refractivity contribution in [3.8, 4) is 0 Å². The summed E-state index contributed by atoms with van der Waals surface area (Å²) >= 11 is 0. The van der Waals surface area contributed by atoms with E-state index in [0.29, 0.717) is 6.54 Å². The number of nitrogens with one attached hydrogen (secondary N) is 1. The molecule has 2 heterocycles. The van der Waals surface area contributed by atoms with E-state index in [1.54, 1.807) is 17.8 Å². The third kappa shape index (κ3) is 1.59. The number of rotatable bonds is 3. The zero-order chi connectivity index (χ0) is 9.97. The molecule has 2 aromatic rings. The summed E-state index contributed by atoms with van der Waals surface area (Å²) in [6.45, 7) is 0.528. The molecule has 0 amide bonds. The lowest BCUT2D eigenvalue weighted by Gasteiger charge is -2.09. The summed E-state index contributed by atoms with van der Waals surface area (Å²) < 4.78 is 1.65. The van der Waals surface area contributed by atoms with Gasteiger partial charge >= 0.3 is 0 Å². The molecule has 0 saturated heterocycles. The Hall–Kier alpha value is -1.46. The fourth-order valence-electron chi connectivity index (χ4n) is 1.34. The van der Waals surface area contributed by atoms with Crippen molar-refractivity contribution >= 4 is 5.65 Å². The highest BCUT2D eigenvalue weighted by Crippen LogP contribution is 2.11. The molecule has 5 heteroatoms. The van der Waals surface area contributed by atoms with Gasteiger partial charge in [0.15, 0.2) is 5.65 Å². The van der Waals surface area contributed by atoms with Crippen molar-refractivity contribution in [2.45, 2.75) is 6.10 Å². The maximum absolute atomic E-state index is 9.69. The summed E-state index contributed by atoms with van der Waals surface area (Å²) in [4.78, 5) is 4.02. The van der Waals surface area contributed by atoms with Crippen molar-refractivity contribution in [2.75, 3.05) is 13.6 Å². The second-order valence-electron chi connectivity index (χ2n) is 3.10. The van der Waals surface area contributed by atoms with Gasteiger partial charge in [0.25, 0.3) is 0 Å². The highest BCUT2D eigenvalue weighted by atomic mass is 16.3. The fraction of sp³-hybridized carbons (Fsp3) is 0.333. The molecule has 0 radical (unpaired) electrons. The molecule has 14 heavy (non-hydrogen) atoms. The minimum absolute atomic E-state index is 0.506. The van der Waals surface area contributed by atoms with Crippen LogP contribution in [0.3, 0.4) is 0 Å². The Morgan fingerprint density at radius 2 is 2.43 bits per heavy atom. The molecule has 5 nitrogen and oxygen atoms in total. The minimum Gasteiger partial charge on any atom is -0.387 e. The van der Waals surface area contributed by atoms with Crippen LogP contribution < -0.4 is 5.32 Å². The normalized spacial score (nSPS) is 13.3. The third-order valence-electron chi connectivity index (χ3n) is 2.08. The lowest BCUT2D eigenvalue weighted by molar-refractivity contribution is 0.177. The van der Waals surface area contributed by atoms with Crippen LogP contribution >= 0.6 is 0 Å². The third-order valence-corrected chi connectivity index (χ3v) is 2.08. The van der Waals surface area contributed by atoms with Crippen LogP contribution in [-0.2, 0) is 0 Å². The molecule has 2 N–H and O–H groups in total. The van der Waals surface area contributed by atoms with Gasteiger partial charge in [0.05, 0.1) is 6.10 Å². The summed E-state index contributed by atoms with van der Waals surface area (Å²) in [5.41, 5.74) is 1.61. The van der Waals surface area contributed by atoms with Gasteiger partial charge in [0.2, 0.25) is 0 Å². The smallest absolute Gasteiger partial charge is 0.155 e. The Labute approximate surface area is 81.4 Å². The molecule has 0 aliphatic heterocycles. The van der Waals surface area contributed by atoms with Gasteiger partial charge < -0.3 is 10.4 Å². The highest BCUT2D eigenvalue weighted by molar-refractivity contribution is 5.37. The summed E-state index contributed by atoms with van der Waals surface area (Å²) in [6.07, 6.45) is 2.77. The number of nitrogens with zero attached hydrogens (tertiary/aromatic N) is 3. The Kier molecular flexibility index (Phi) is 2.43. The van der Waals surface area contributed by atoms with Crippen LogP contribution in [0.1, 0.15) is 11.7 Å². The average Bonchev–Trinajstić information content (AvgIpc) is 2.64. The van der Waals surface area contributed by atoms with Crippen LogP contribution in [0.25, 0.3) is 5.65 Å². The number of hydrogen-bond donors (Lipinski definition) is 2. The largest absolute Gasteiger partial charge is 0.387 e. The van der Waals surface area contributed by atoms with Gasteiger partial charge in [-0.1, -0.05) is 6.07 Å². The van der Waals surface area contributed by atoms with E-state index < -0.39 is 6.10 Å². The van der Waals surface area contributed by atoms with E-state index in [1.165, 1.54) is 6.33 Å². The Morgan fingerprint density at radius 3 is 3.21 bits per heavy atom. The predicted molar refractivity (Wildman–Crippen MR) is 51.9 cm³/mol. The van der Waals surface area contributed by atoms with Crippen molar-refractivity contribution < 1.29 is 5.11 Å². The Morgan fingerprint density at radius 1 is 1.57 bits per heavy atom. The maximum Gasteiger partial charge on any atom is 0.155 e. The molecule has 1 atom stereocenters. The van der Waals surface area contributed by atoms with Crippen LogP contribution in [0.15, 0.2) is 24.7 Å². The van der Waals surface area contributed by atoms with E-state index in [0.717, 1.165) is 11.2 Å². The first-order chi connectivity index (χ1) is 6.81. The van der Waals surface area contributed by atoms with E-state index >= 15 is 0 Å². The van der Waals surface area contributed by atoms with Gasteiger partial charge in [0, 0.05) is 18.3 Å². The number of likely N-dealkylation sites (N-methyl/N-ethyl adjacent to an activating group) is 1. The van der Waals surface area contributed by atoms with E-state index in [4.69, 9.17) is 0 Å². The van der Waals surface area contributed by atoms with E-state index in [9.17, 15) is 5.11 Å². The summed E-state index contributed by atoms with van der Waals surface area (Å²) in [5, 5.41) is 16.6. The summed E-state index contributed by atoms with van der Waals surface area (Å²) in [7, 11) is 1.80. The van der Waals surface area contributed by atoms with Gasteiger partial charge in [-0.15, -0.1) is 0 Å². The molecule has 1 unspecified atom stereocenters.